The summed E-state index contributed by atoms with van der Waals surface area (Å²) in [5, 5.41) is 0.820. The number of benzene rings is 1. The van der Waals surface area contributed by atoms with Gasteiger partial charge in [-0.1, -0.05) is 24.6 Å². The zero-order valence-corrected chi connectivity index (χ0v) is 12.5. The Morgan fingerprint density at radius 3 is 3.00 bits per heavy atom. The summed E-state index contributed by atoms with van der Waals surface area (Å²) >= 11 is 6.37. The summed E-state index contributed by atoms with van der Waals surface area (Å²) in [5.41, 5.74) is 8.49. The Morgan fingerprint density at radius 1 is 1.53 bits per heavy atom. The predicted octanol–water partition coefficient (Wildman–Crippen LogP) is 2.84. The first-order chi connectivity index (χ1) is 9.11. The second kappa shape index (κ2) is 6.60. The molecule has 1 fully saturated rings. The maximum Gasteiger partial charge on any atom is 0.0722 e. The predicted molar refractivity (Wildman–Crippen MR) is 81.0 cm³/mol. The highest BCUT2D eigenvalue weighted by atomic mass is 35.5. The van der Waals surface area contributed by atoms with E-state index in [-0.39, 0.29) is 12.1 Å². The van der Waals surface area contributed by atoms with Crippen molar-refractivity contribution >= 4 is 17.3 Å². The zero-order chi connectivity index (χ0) is 13.8. The fourth-order valence-corrected chi connectivity index (χ4v) is 2.74. The number of hydrogen-bond acceptors (Lipinski definition) is 3. The van der Waals surface area contributed by atoms with E-state index in [1.807, 2.05) is 12.1 Å². The first kappa shape index (κ1) is 14.6. The highest BCUT2D eigenvalue weighted by Crippen LogP contribution is 2.30. The number of anilines is 1. The third-order valence-electron chi connectivity index (χ3n) is 3.67. The van der Waals surface area contributed by atoms with E-state index >= 15 is 0 Å². The van der Waals surface area contributed by atoms with E-state index in [1.54, 1.807) is 0 Å². The van der Waals surface area contributed by atoms with Crippen molar-refractivity contribution in [2.75, 3.05) is 24.6 Å². The molecule has 106 valence electrons. The molecule has 2 rings (SSSR count). The molecule has 1 aliphatic heterocycles. The number of nitrogens with zero attached hydrogens (tertiary/aromatic N) is 1. The van der Waals surface area contributed by atoms with E-state index in [0.29, 0.717) is 0 Å². The molecule has 1 aliphatic rings. The van der Waals surface area contributed by atoms with E-state index in [4.69, 9.17) is 22.1 Å². The molecule has 0 amide bonds. The van der Waals surface area contributed by atoms with Gasteiger partial charge in [0.25, 0.3) is 0 Å². The highest BCUT2D eigenvalue weighted by Gasteiger charge is 2.21. The van der Waals surface area contributed by atoms with Crippen molar-refractivity contribution in [2.24, 2.45) is 5.73 Å². The number of rotatable bonds is 4. The average Bonchev–Trinajstić information content (AvgIpc) is 2.40. The lowest BCUT2D eigenvalue weighted by molar-refractivity contribution is 0.0531. The van der Waals surface area contributed by atoms with Gasteiger partial charge in [0.2, 0.25) is 0 Å². The molecule has 0 spiro atoms. The van der Waals surface area contributed by atoms with Gasteiger partial charge in [-0.25, -0.2) is 0 Å². The minimum atomic E-state index is 0.164. The Balaban J connectivity index is 2.25. The van der Waals surface area contributed by atoms with Crippen molar-refractivity contribution in [1.29, 1.82) is 0 Å². The van der Waals surface area contributed by atoms with Crippen LogP contribution >= 0.6 is 11.6 Å². The zero-order valence-electron chi connectivity index (χ0n) is 11.7. The van der Waals surface area contributed by atoms with Crippen molar-refractivity contribution in [2.45, 2.75) is 38.8 Å². The summed E-state index contributed by atoms with van der Waals surface area (Å²) in [6.45, 7) is 6.81. The summed E-state index contributed by atoms with van der Waals surface area (Å²) < 4.78 is 5.60. The van der Waals surface area contributed by atoms with Crippen LogP contribution in [0.1, 0.15) is 25.8 Å². The summed E-state index contributed by atoms with van der Waals surface area (Å²) in [5.74, 6) is 0. The lowest BCUT2D eigenvalue weighted by Gasteiger charge is -2.34. The molecule has 3 nitrogen and oxygen atoms in total. The molecule has 0 aromatic heterocycles. The molecule has 0 aliphatic carbocycles. The van der Waals surface area contributed by atoms with Crippen LogP contribution in [0.5, 0.6) is 0 Å². The van der Waals surface area contributed by atoms with Gasteiger partial charge in [-0.2, -0.15) is 0 Å². The van der Waals surface area contributed by atoms with Crippen LogP contribution in [0.2, 0.25) is 5.02 Å². The van der Waals surface area contributed by atoms with E-state index < -0.39 is 0 Å². The van der Waals surface area contributed by atoms with Gasteiger partial charge >= 0.3 is 0 Å². The Labute approximate surface area is 120 Å². The van der Waals surface area contributed by atoms with Crippen molar-refractivity contribution in [3.05, 3.63) is 28.8 Å². The van der Waals surface area contributed by atoms with Crippen LogP contribution in [0.15, 0.2) is 18.2 Å². The SMILES string of the molecule is CCC(N)Cc1c(Cl)cccc1N1CCOC(C)C1. The van der Waals surface area contributed by atoms with Gasteiger partial charge in [0.05, 0.1) is 12.7 Å². The van der Waals surface area contributed by atoms with Crippen molar-refractivity contribution < 1.29 is 4.74 Å². The van der Waals surface area contributed by atoms with Gasteiger partial charge in [0.15, 0.2) is 0 Å². The molecule has 1 heterocycles. The van der Waals surface area contributed by atoms with Gasteiger partial charge in [-0.3, -0.25) is 0 Å². The summed E-state index contributed by atoms with van der Waals surface area (Å²) in [7, 11) is 0. The Bertz CT molecular complexity index is 425. The molecule has 1 aromatic rings. The molecule has 2 atom stereocenters. The Hall–Kier alpha value is -0.770. The molecular weight excluding hydrogens is 260 g/mol. The van der Waals surface area contributed by atoms with Crippen molar-refractivity contribution in [3.8, 4) is 0 Å². The molecule has 19 heavy (non-hydrogen) atoms. The van der Waals surface area contributed by atoms with Gasteiger partial charge in [-0.05, 0) is 37.5 Å². The van der Waals surface area contributed by atoms with Gasteiger partial charge < -0.3 is 15.4 Å². The molecule has 0 radical (unpaired) electrons. The molecular formula is C15H23ClN2O. The van der Waals surface area contributed by atoms with Crippen LogP contribution in [-0.2, 0) is 11.2 Å². The fraction of sp³-hybridized carbons (Fsp3) is 0.600. The third kappa shape index (κ3) is 3.62. The molecule has 2 N–H and O–H groups in total. The molecule has 4 heteroatoms. The number of morpholine rings is 1. The summed E-state index contributed by atoms with van der Waals surface area (Å²) in [6, 6.07) is 6.27. The van der Waals surface area contributed by atoms with Crippen LogP contribution in [-0.4, -0.2) is 31.8 Å². The Morgan fingerprint density at radius 2 is 2.32 bits per heavy atom. The largest absolute Gasteiger partial charge is 0.375 e. The topological polar surface area (TPSA) is 38.5 Å². The van der Waals surface area contributed by atoms with Crippen molar-refractivity contribution in [3.63, 3.8) is 0 Å². The first-order valence-electron chi connectivity index (χ1n) is 7.01. The summed E-state index contributed by atoms with van der Waals surface area (Å²) in [6.07, 6.45) is 2.06. The van der Waals surface area contributed by atoms with Crippen LogP contribution < -0.4 is 10.6 Å². The number of halogens is 1. The smallest absolute Gasteiger partial charge is 0.0722 e. The fourth-order valence-electron chi connectivity index (χ4n) is 2.49. The van der Waals surface area contributed by atoms with E-state index in [9.17, 15) is 0 Å². The second-order valence-corrected chi connectivity index (χ2v) is 5.64. The minimum Gasteiger partial charge on any atom is -0.375 e. The molecule has 1 aromatic carbocycles. The molecule has 1 saturated heterocycles. The lowest BCUT2D eigenvalue weighted by Crippen LogP contribution is -2.41. The van der Waals surface area contributed by atoms with E-state index in [2.05, 4.69) is 24.8 Å². The maximum absolute atomic E-state index is 6.37. The average molecular weight is 283 g/mol. The quantitative estimate of drug-likeness (QED) is 0.923. The lowest BCUT2D eigenvalue weighted by atomic mass is 10.0. The maximum atomic E-state index is 6.37. The number of ether oxygens (including phenoxy) is 1. The van der Waals surface area contributed by atoms with Crippen LogP contribution in [0.4, 0.5) is 5.69 Å². The van der Waals surface area contributed by atoms with E-state index in [1.165, 1.54) is 11.3 Å². The highest BCUT2D eigenvalue weighted by molar-refractivity contribution is 6.31. The van der Waals surface area contributed by atoms with E-state index in [0.717, 1.165) is 37.6 Å². The van der Waals surface area contributed by atoms with Gasteiger partial charge in [-0.15, -0.1) is 0 Å². The van der Waals surface area contributed by atoms with Crippen LogP contribution in [0.25, 0.3) is 0 Å². The third-order valence-corrected chi connectivity index (χ3v) is 4.02. The van der Waals surface area contributed by atoms with Crippen molar-refractivity contribution in [1.82, 2.24) is 0 Å². The normalized spacial score (nSPS) is 21.5. The number of nitrogens with two attached hydrogens (primary N) is 1. The number of hydrogen-bond donors (Lipinski definition) is 1. The molecule has 0 saturated carbocycles. The first-order valence-corrected chi connectivity index (χ1v) is 7.39. The van der Waals surface area contributed by atoms with Gasteiger partial charge in [0, 0.05) is 29.8 Å². The van der Waals surface area contributed by atoms with Gasteiger partial charge in [0.1, 0.15) is 0 Å². The molecule has 0 bridgehead atoms. The minimum absolute atomic E-state index is 0.164. The summed E-state index contributed by atoms with van der Waals surface area (Å²) in [4.78, 5) is 2.36. The van der Waals surface area contributed by atoms with Crippen LogP contribution in [0, 0.1) is 0 Å². The molecule has 2 unspecified atom stereocenters. The monoisotopic (exact) mass is 282 g/mol. The Kier molecular flexibility index (Phi) is 5.08. The van der Waals surface area contributed by atoms with Crippen LogP contribution in [0.3, 0.4) is 0 Å². The second-order valence-electron chi connectivity index (χ2n) is 5.24. The standard InChI is InChI=1S/C15H23ClN2O/c1-3-12(17)9-13-14(16)5-4-6-15(13)18-7-8-19-11(2)10-18/h4-6,11-12H,3,7-10,17H2,1-2H3.